The van der Waals surface area contributed by atoms with E-state index in [9.17, 15) is 4.79 Å². The van der Waals surface area contributed by atoms with Crippen LogP contribution in [0.3, 0.4) is 0 Å². The fourth-order valence-corrected chi connectivity index (χ4v) is 4.12. The third-order valence-corrected chi connectivity index (χ3v) is 5.20. The lowest BCUT2D eigenvalue weighted by molar-refractivity contribution is -0.130. The zero-order valence-corrected chi connectivity index (χ0v) is 12.3. The number of carbonyl (C=O) groups excluding carboxylic acids is 1. The van der Waals surface area contributed by atoms with Gasteiger partial charge in [0.2, 0.25) is 5.91 Å². The van der Waals surface area contributed by atoms with Crippen LogP contribution in [0.25, 0.3) is 0 Å². The number of hydrogen-bond donors (Lipinski definition) is 1. The molecule has 1 aliphatic carbocycles. The minimum absolute atomic E-state index is 0.0183. The van der Waals surface area contributed by atoms with Crippen LogP contribution in [0.1, 0.15) is 39.0 Å². The molecule has 3 rings (SSSR count). The Morgan fingerprint density at radius 3 is 2.63 bits per heavy atom. The summed E-state index contributed by atoms with van der Waals surface area (Å²) < 4.78 is 0. The Morgan fingerprint density at radius 2 is 2.00 bits per heavy atom. The van der Waals surface area contributed by atoms with Crippen molar-refractivity contribution in [3.8, 4) is 0 Å². The smallest absolute Gasteiger partial charge is 0.240 e. The monoisotopic (exact) mass is 265 g/mol. The number of nitrogens with one attached hydrogen (secondary N) is 1. The van der Waals surface area contributed by atoms with E-state index in [2.05, 4.69) is 22.2 Å². The maximum Gasteiger partial charge on any atom is 0.240 e. The Kier molecular flexibility index (Phi) is 3.81. The molecule has 19 heavy (non-hydrogen) atoms. The molecule has 3 unspecified atom stereocenters. The molecule has 1 N–H and O–H groups in total. The maximum atomic E-state index is 12.4. The van der Waals surface area contributed by atoms with Gasteiger partial charge in [0.05, 0.1) is 12.2 Å². The molecule has 0 radical (unpaired) electrons. The second-order valence-electron chi connectivity index (χ2n) is 6.79. The molecule has 0 aromatic carbocycles. The van der Waals surface area contributed by atoms with Crippen LogP contribution in [0, 0.1) is 11.8 Å². The first-order chi connectivity index (χ1) is 9.15. The molecule has 108 valence electrons. The van der Waals surface area contributed by atoms with E-state index < -0.39 is 0 Å². The molecule has 2 heterocycles. The summed E-state index contributed by atoms with van der Waals surface area (Å²) in [4.78, 5) is 16.9. The molecule has 4 heteroatoms. The van der Waals surface area contributed by atoms with Gasteiger partial charge in [-0.2, -0.15) is 0 Å². The zero-order valence-electron chi connectivity index (χ0n) is 12.3. The van der Waals surface area contributed by atoms with Gasteiger partial charge in [-0.15, -0.1) is 0 Å². The number of hydrogen-bond acceptors (Lipinski definition) is 3. The van der Waals surface area contributed by atoms with E-state index in [1.165, 1.54) is 38.6 Å². The first-order valence-electron chi connectivity index (χ1n) is 7.90. The van der Waals surface area contributed by atoms with Gasteiger partial charge in [0, 0.05) is 13.1 Å². The van der Waals surface area contributed by atoms with E-state index >= 15 is 0 Å². The zero-order chi connectivity index (χ0) is 13.4. The third kappa shape index (κ3) is 2.65. The standard InChI is InChI=1S/C15H27N3O/c1-11-15(19)18(10-12-7-8-17(2)9-12)14(16-11)13-5-3-4-6-13/h11-14,16H,3-10H2,1-2H3. The Morgan fingerprint density at radius 1 is 1.26 bits per heavy atom. The van der Waals surface area contributed by atoms with Crippen molar-refractivity contribution in [3.05, 3.63) is 0 Å². The molecule has 1 amide bonds. The fourth-order valence-electron chi connectivity index (χ4n) is 4.12. The van der Waals surface area contributed by atoms with Gasteiger partial charge in [0.1, 0.15) is 0 Å². The lowest BCUT2D eigenvalue weighted by atomic mass is 10.0. The van der Waals surface area contributed by atoms with Crippen LogP contribution in [0.5, 0.6) is 0 Å². The third-order valence-electron chi connectivity index (χ3n) is 5.20. The molecule has 4 nitrogen and oxygen atoms in total. The second kappa shape index (κ2) is 5.41. The van der Waals surface area contributed by atoms with Gasteiger partial charge in [0.25, 0.3) is 0 Å². The topological polar surface area (TPSA) is 35.6 Å². The molecule has 0 aromatic heterocycles. The first-order valence-corrected chi connectivity index (χ1v) is 7.90. The van der Waals surface area contributed by atoms with Crippen molar-refractivity contribution in [1.82, 2.24) is 15.1 Å². The van der Waals surface area contributed by atoms with Gasteiger partial charge in [-0.05, 0) is 51.6 Å². The highest BCUT2D eigenvalue weighted by Crippen LogP contribution is 2.32. The maximum absolute atomic E-state index is 12.4. The molecule has 0 spiro atoms. The SMILES string of the molecule is CC1NC(C2CCCC2)N(CC2CCN(C)C2)C1=O. The summed E-state index contributed by atoms with van der Waals surface area (Å²) in [7, 11) is 2.18. The van der Waals surface area contributed by atoms with E-state index in [4.69, 9.17) is 0 Å². The highest BCUT2D eigenvalue weighted by atomic mass is 16.2. The highest BCUT2D eigenvalue weighted by molar-refractivity contribution is 5.84. The summed E-state index contributed by atoms with van der Waals surface area (Å²) in [5, 5.41) is 3.54. The minimum atomic E-state index is 0.0183. The predicted molar refractivity (Wildman–Crippen MR) is 75.7 cm³/mol. The fraction of sp³-hybridized carbons (Fsp3) is 0.933. The van der Waals surface area contributed by atoms with Gasteiger partial charge in [-0.3, -0.25) is 10.1 Å². The lowest BCUT2D eigenvalue weighted by Crippen LogP contribution is -2.45. The van der Waals surface area contributed by atoms with Crippen LogP contribution >= 0.6 is 0 Å². The molecule has 0 bridgehead atoms. The molecule has 0 aromatic rings. The quantitative estimate of drug-likeness (QED) is 0.835. The average molecular weight is 265 g/mol. The summed E-state index contributed by atoms with van der Waals surface area (Å²) in [5.41, 5.74) is 0. The Labute approximate surface area is 116 Å². The van der Waals surface area contributed by atoms with Crippen LogP contribution in [0.15, 0.2) is 0 Å². The van der Waals surface area contributed by atoms with Gasteiger partial charge in [-0.1, -0.05) is 12.8 Å². The van der Waals surface area contributed by atoms with E-state index in [-0.39, 0.29) is 6.04 Å². The van der Waals surface area contributed by atoms with Gasteiger partial charge in [-0.25, -0.2) is 0 Å². The molecular weight excluding hydrogens is 238 g/mol. The number of carbonyl (C=O) groups is 1. The molecule has 3 fully saturated rings. The summed E-state index contributed by atoms with van der Waals surface area (Å²) >= 11 is 0. The molecular formula is C15H27N3O. The highest BCUT2D eigenvalue weighted by Gasteiger charge is 2.42. The minimum Gasteiger partial charge on any atom is -0.325 e. The van der Waals surface area contributed by atoms with Crippen molar-refractivity contribution in [2.24, 2.45) is 11.8 Å². The largest absolute Gasteiger partial charge is 0.325 e. The second-order valence-corrected chi connectivity index (χ2v) is 6.79. The predicted octanol–water partition coefficient (Wildman–Crippen LogP) is 1.27. The van der Waals surface area contributed by atoms with E-state index in [1.807, 2.05) is 6.92 Å². The van der Waals surface area contributed by atoms with Gasteiger partial charge >= 0.3 is 0 Å². The molecule has 3 aliphatic rings. The van der Waals surface area contributed by atoms with Crippen molar-refractivity contribution in [2.45, 2.75) is 51.2 Å². The van der Waals surface area contributed by atoms with Crippen molar-refractivity contribution >= 4 is 5.91 Å². The summed E-state index contributed by atoms with van der Waals surface area (Å²) in [6.07, 6.45) is 6.82. The van der Waals surface area contributed by atoms with Crippen LogP contribution < -0.4 is 5.32 Å². The Balaban J connectivity index is 1.66. The average Bonchev–Trinajstić information content (AvgIpc) is 3.07. The first kappa shape index (κ1) is 13.4. The normalized spacial score (nSPS) is 37.7. The number of rotatable bonds is 3. The lowest BCUT2D eigenvalue weighted by Gasteiger charge is -2.31. The molecule has 2 aliphatic heterocycles. The number of nitrogens with zero attached hydrogens (tertiary/aromatic N) is 2. The van der Waals surface area contributed by atoms with Crippen molar-refractivity contribution in [1.29, 1.82) is 0 Å². The number of amides is 1. The van der Waals surface area contributed by atoms with Crippen LogP contribution in [-0.4, -0.2) is 54.6 Å². The molecule has 2 saturated heterocycles. The van der Waals surface area contributed by atoms with Crippen LogP contribution in [0.4, 0.5) is 0 Å². The number of likely N-dealkylation sites (tertiary alicyclic amines) is 1. The van der Waals surface area contributed by atoms with Crippen LogP contribution in [-0.2, 0) is 4.79 Å². The van der Waals surface area contributed by atoms with E-state index in [0.29, 0.717) is 23.9 Å². The van der Waals surface area contributed by atoms with Crippen molar-refractivity contribution in [2.75, 3.05) is 26.7 Å². The molecule has 3 atom stereocenters. The van der Waals surface area contributed by atoms with Crippen molar-refractivity contribution < 1.29 is 4.79 Å². The summed E-state index contributed by atoms with van der Waals surface area (Å²) in [6, 6.07) is 0.0183. The van der Waals surface area contributed by atoms with Crippen molar-refractivity contribution in [3.63, 3.8) is 0 Å². The van der Waals surface area contributed by atoms with Gasteiger partial charge in [0.15, 0.2) is 0 Å². The molecule has 1 saturated carbocycles. The summed E-state index contributed by atoms with van der Waals surface area (Å²) in [5.74, 6) is 1.68. The van der Waals surface area contributed by atoms with E-state index in [0.717, 1.165) is 13.1 Å². The Bertz CT molecular complexity index is 340. The Hall–Kier alpha value is -0.610. The van der Waals surface area contributed by atoms with E-state index in [1.54, 1.807) is 0 Å². The van der Waals surface area contributed by atoms with Gasteiger partial charge < -0.3 is 9.80 Å². The summed E-state index contributed by atoms with van der Waals surface area (Å²) in [6.45, 7) is 5.31. The van der Waals surface area contributed by atoms with Crippen LogP contribution in [0.2, 0.25) is 0 Å².